The standard InChI is InChI=1S/C17H20N2O/c20-17-8-4-7-15(11-17)18-16-9-10-19(13-16)12-14-5-2-1-3-6-14/h1-8,11,16,18,20H,9-10,12-13H2. The molecule has 1 aliphatic rings. The summed E-state index contributed by atoms with van der Waals surface area (Å²) in [5.41, 5.74) is 2.36. The van der Waals surface area contributed by atoms with Crippen molar-refractivity contribution in [3.05, 3.63) is 60.2 Å². The highest BCUT2D eigenvalue weighted by Gasteiger charge is 2.22. The van der Waals surface area contributed by atoms with Crippen molar-refractivity contribution in [2.24, 2.45) is 0 Å². The number of rotatable bonds is 4. The van der Waals surface area contributed by atoms with Gasteiger partial charge in [0.2, 0.25) is 0 Å². The van der Waals surface area contributed by atoms with Crippen LogP contribution in [-0.4, -0.2) is 29.1 Å². The zero-order valence-corrected chi connectivity index (χ0v) is 11.5. The van der Waals surface area contributed by atoms with Crippen molar-refractivity contribution in [3.8, 4) is 5.75 Å². The van der Waals surface area contributed by atoms with Crippen LogP contribution >= 0.6 is 0 Å². The lowest BCUT2D eigenvalue weighted by Gasteiger charge is -2.17. The van der Waals surface area contributed by atoms with E-state index in [1.54, 1.807) is 12.1 Å². The first kappa shape index (κ1) is 13.0. The molecule has 0 bridgehead atoms. The van der Waals surface area contributed by atoms with Gasteiger partial charge in [-0.25, -0.2) is 0 Å². The summed E-state index contributed by atoms with van der Waals surface area (Å²) in [5, 5.41) is 13.0. The molecule has 1 saturated heterocycles. The smallest absolute Gasteiger partial charge is 0.117 e. The molecule has 0 amide bonds. The number of hydrogen-bond acceptors (Lipinski definition) is 3. The number of nitrogens with one attached hydrogen (secondary N) is 1. The largest absolute Gasteiger partial charge is 0.508 e. The van der Waals surface area contributed by atoms with Gasteiger partial charge in [0.1, 0.15) is 5.75 Å². The van der Waals surface area contributed by atoms with Gasteiger partial charge in [-0.15, -0.1) is 0 Å². The maximum Gasteiger partial charge on any atom is 0.117 e. The summed E-state index contributed by atoms with van der Waals surface area (Å²) in [6, 6.07) is 18.4. The molecular weight excluding hydrogens is 248 g/mol. The van der Waals surface area contributed by atoms with E-state index in [9.17, 15) is 5.11 Å². The average molecular weight is 268 g/mol. The second-order valence-corrected chi connectivity index (χ2v) is 5.40. The molecule has 20 heavy (non-hydrogen) atoms. The zero-order chi connectivity index (χ0) is 13.8. The molecule has 0 radical (unpaired) electrons. The first-order valence-corrected chi connectivity index (χ1v) is 7.11. The molecule has 0 aromatic heterocycles. The van der Waals surface area contributed by atoms with E-state index in [0.717, 1.165) is 31.7 Å². The Bertz CT molecular complexity index is 556. The fourth-order valence-corrected chi connectivity index (χ4v) is 2.77. The lowest BCUT2D eigenvalue weighted by molar-refractivity contribution is 0.328. The van der Waals surface area contributed by atoms with E-state index in [1.165, 1.54) is 5.56 Å². The molecule has 3 nitrogen and oxygen atoms in total. The summed E-state index contributed by atoms with van der Waals surface area (Å²) in [5.74, 6) is 0.314. The molecule has 104 valence electrons. The van der Waals surface area contributed by atoms with Crippen LogP contribution in [0.25, 0.3) is 0 Å². The van der Waals surface area contributed by atoms with E-state index in [1.807, 2.05) is 12.1 Å². The van der Waals surface area contributed by atoms with Crippen LogP contribution in [0, 0.1) is 0 Å². The van der Waals surface area contributed by atoms with E-state index in [0.29, 0.717) is 11.8 Å². The molecule has 3 heteroatoms. The summed E-state index contributed by atoms with van der Waals surface area (Å²) >= 11 is 0. The molecule has 1 fully saturated rings. The fourth-order valence-electron chi connectivity index (χ4n) is 2.77. The Balaban J connectivity index is 1.54. The van der Waals surface area contributed by atoms with Gasteiger partial charge >= 0.3 is 0 Å². The van der Waals surface area contributed by atoms with Crippen LogP contribution in [-0.2, 0) is 6.54 Å². The molecule has 3 rings (SSSR count). The normalized spacial score (nSPS) is 19.1. The van der Waals surface area contributed by atoms with Gasteiger partial charge in [-0.3, -0.25) is 4.90 Å². The van der Waals surface area contributed by atoms with Crippen LogP contribution in [0.1, 0.15) is 12.0 Å². The number of phenolic OH excluding ortho intramolecular Hbond substituents is 1. The molecule has 1 heterocycles. The van der Waals surface area contributed by atoms with Crippen LogP contribution in [0.4, 0.5) is 5.69 Å². The van der Waals surface area contributed by atoms with Gasteiger partial charge in [-0.2, -0.15) is 0 Å². The third-order valence-electron chi connectivity index (χ3n) is 3.74. The van der Waals surface area contributed by atoms with E-state index in [2.05, 4.69) is 40.5 Å². The summed E-state index contributed by atoms with van der Waals surface area (Å²) in [4.78, 5) is 2.47. The maximum atomic E-state index is 9.48. The summed E-state index contributed by atoms with van der Waals surface area (Å²) in [7, 11) is 0. The number of hydrogen-bond donors (Lipinski definition) is 2. The number of aromatic hydroxyl groups is 1. The molecule has 1 atom stereocenters. The van der Waals surface area contributed by atoms with Crippen LogP contribution in [0.3, 0.4) is 0 Å². The minimum Gasteiger partial charge on any atom is -0.508 e. The van der Waals surface area contributed by atoms with Crippen LogP contribution < -0.4 is 5.32 Å². The number of benzene rings is 2. The molecule has 0 aliphatic carbocycles. The Morgan fingerprint density at radius 1 is 1.10 bits per heavy atom. The second kappa shape index (κ2) is 5.97. The van der Waals surface area contributed by atoms with Gasteiger partial charge in [0.05, 0.1) is 0 Å². The van der Waals surface area contributed by atoms with E-state index in [4.69, 9.17) is 0 Å². The Morgan fingerprint density at radius 2 is 1.95 bits per heavy atom. The van der Waals surface area contributed by atoms with Crippen molar-refractivity contribution in [2.75, 3.05) is 18.4 Å². The van der Waals surface area contributed by atoms with Crippen molar-refractivity contribution in [3.63, 3.8) is 0 Å². The topological polar surface area (TPSA) is 35.5 Å². The fraction of sp³-hybridized carbons (Fsp3) is 0.294. The molecule has 0 spiro atoms. The summed E-state index contributed by atoms with van der Waals surface area (Å²) in [6.45, 7) is 3.18. The van der Waals surface area contributed by atoms with E-state index < -0.39 is 0 Å². The Morgan fingerprint density at radius 3 is 2.75 bits per heavy atom. The number of phenols is 1. The lowest BCUT2D eigenvalue weighted by Crippen LogP contribution is -2.25. The molecule has 2 aromatic rings. The van der Waals surface area contributed by atoms with Crippen molar-refractivity contribution in [1.29, 1.82) is 0 Å². The molecule has 1 unspecified atom stereocenters. The van der Waals surface area contributed by atoms with E-state index in [-0.39, 0.29) is 0 Å². The Hall–Kier alpha value is -2.00. The highest BCUT2D eigenvalue weighted by Crippen LogP contribution is 2.20. The van der Waals surface area contributed by atoms with Crippen molar-refractivity contribution < 1.29 is 5.11 Å². The highest BCUT2D eigenvalue weighted by atomic mass is 16.3. The van der Waals surface area contributed by atoms with Crippen molar-refractivity contribution in [1.82, 2.24) is 4.90 Å². The van der Waals surface area contributed by atoms with E-state index >= 15 is 0 Å². The minimum atomic E-state index is 0.314. The van der Waals surface area contributed by atoms with Crippen molar-refractivity contribution >= 4 is 5.69 Å². The van der Waals surface area contributed by atoms with Crippen LogP contribution in [0.5, 0.6) is 5.75 Å². The second-order valence-electron chi connectivity index (χ2n) is 5.40. The monoisotopic (exact) mass is 268 g/mol. The molecule has 2 N–H and O–H groups in total. The maximum absolute atomic E-state index is 9.48. The van der Waals surface area contributed by atoms with Gasteiger partial charge in [0, 0.05) is 37.4 Å². The van der Waals surface area contributed by atoms with Crippen LogP contribution in [0.15, 0.2) is 54.6 Å². The zero-order valence-electron chi connectivity index (χ0n) is 11.5. The van der Waals surface area contributed by atoms with Gasteiger partial charge in [-0.05, 0) is 24.1 Å². The molecule has 1 aliphatic heterocycles. The number of likely N-dealkylation sites (tertiary alicyclic amines) is 1. The van der Waals surface area contributed by atoms with Gasteiger partial charge in [-0.1, -0.05) is 36.4 Å². The predicted octanol–water partition coefficient (Wildman–Crippen LogP) is 3.08. The summed E-state index contributed by atoms with van der Waals surface area (Å²) in [6.07, 6.45) is 1.14. The molecular formula is C17H20N2O. The van der Waals surface area contributed by atoms with Gasteiger partial charge in [0.15, 0.2) is 0 Å². The van der Waals surface area contributed by atoms with Crippen molar-refractivity contribution in [2.45, 2.75) is 19.0 Å². The number of nitrogens with zero attached hydrogens (tertiary/aromatic N) is 1. The third kappa shape index (κ3) is 3.31. The predicted molar refractivity (Wildman–Crippen MR) is 81.9 cm³/mol. The first-order valence-electron chi connectivity index (χ1n) is 7.11. The first-order chi connectivity index (χ1) is 9.79. The Kier molecular flexibility index (Phi) is 3.88. The summed E-state index contributed by atoms with van der Waals surface area (Å²) < 4.78 is 0. The number of anilines is 1. The molecule has 2 aromatic carbocycles. The minimum absolute atomic E-state index is 0.314. The third-order valence-corrected chi connectivity index (χ3v) is 3.74. The quantitative estimate of drug-likeness (QED) is 0.894. The van der Waals surface area contributed by atoms with Gasteiger partial charge in [0.25, 0.3) is 0 Å². The van der Waals surface area contributed by atoms with Gasteiger partial charge < -0.3 is 10.4 Å². The van der Waals surface area contributed by atoms with Crippen LogP contribution in [0.2, 0.25) is 0 Å². The highest BCUT2D eigenvalue weighted by molar-refractivity contribution is 5.48. The molecule has 0 saturated carbocycles. The SMILES string of the molecule is Oc1cccc(NC2CCN(Cc3ccccc3)C2)c1. The average Bonchev–Trinajstić information content (AvgIpc) is 2.87. The Labute approximate surface area is 119 Å². The lowest BCUT2D eigenvalue weighted by atomic mass is 10.2.